The fourth-order valence-electron chi connectivity index (χ4n) is 6.25. The molecule has 0 spiro atoms. The highest BCUT2D eigenvalue weighted by Crippen LogP contribution is 2.37. The van der Waals surface area contributed by atoms with Crippen molar-refractivity contribution in [2.75, 3.05) is 0 Å². The van der Waals surface area contributed by atoms with Gasteiger partial charge >= 0.3 is 5.97 Å². The largest absolute Gasteiger partial charge is 0.425 e. The predicted molar refractivity (Wildman–Crippen MR) is 167 cm³/mol. The van der Waals surface area contributed by atoms with E-state index in [1.165, 1.54) is 81.8 Å². The SMILES string of the molecule is CCCCCCCCCc1ccc(C2CCC(C(=O)Oc3ccc(CC(CC)CCCC)cc3C#N)CC2)cc1. The van der Waals surface area contributed by atoms with Crippen molar-refractivity contribution in [3.63, 3.8) is 0 Å². The summed E-state index contributed by atoms with van der Waals surface area (Å²) in [5.74, 6) is 1.30. The van der Waals surface area contributed by atoms with E-state index in [1.807, 2.05) is 18.2 Å². The molecule has 1 aliphatic carbocycles. The first-order valence-corrected chi connectivity index (χ1v) is 16.4. The second-order valence-corrected chi connectivity index (χ2v) is 12.1. The minimum Gasteiger partial charge on any atom is -0.425 e. The van der Waals surface area contributed by atoms with Crippen molar-refractivity contribution in [3.8, 4) is 11.8 Å². The van der Waals surface area contributed by atoms with Crippen molar-refractivity contribution < 1.29 is 9.53 Å². The van der Waals surface area contributed by atoms with Gasteiger partial charge in [-0.15, -0.1) is 0 Å². The van der Waals surface area contributed by atoms with Gasteiger partial charge < -0.3 is 4.74 Å². The Labute approximate surface area is 244 Å². The standard InChI is InChI=1S/C37H53NO2/c1-4-7-9-10-11-12-13-15-30-16-19-32(20-17-30)33-21-23-34(24-22-33)37(39)40-36-25-18-31(27-35(36)28-38)26-29(6-3)14-8-5-2/h16-20,25,27,29,33-34H,4-15,21-24,26H2,1-3H3. The maximum Gasteiger partial charge on any atom is 0.314 e. The van der Waals surface area contributed by atoms with Crippen LogP contribution < -0.4 is 4.74 Å². The molecule has 2 aromatic carbocycles. The molecule has 1 atom stereocenters. The topological polar surface area (TPSA) is 50.1 Å². The second kappa shape index (κ2) is 18.0. The summed E-state index contributed by atoms with van der Waals surface area (Å²) in [7, 11) is 0. The molecule has 3 heteroatoms. The third-order valence-electron chi connectivity index (χ3n) is 9.02. The lowest BCUT2D eigenvalue weighted by atomic mass is 9.78. The van der Waals surface area contributed by atoms with Gasteiger partial charge in [0, 0.05) is 0 Å². The third-order valence-corrected chi connectivity index (χ3v) is 9.02. The average molecular weight is 544 g/mol. The third kappa shape index (κ3) is 10.4. The first kappa shape index (κ1) is 31.9. The van der Waals surface area contributed by atoms with Crippen LogP contribution >= 0.6 is 0 Å². The number of rotatable bonds is 17. The Morgan fingerprint density at radius 2 is 1.50 bits per heavy atom. The van der Waals surface area contributed by atoms with Crippen molar-refractivity contribution in [1.29, 1.82) is 5.26 Å². The first-order valence-electron chi connectivity index (χ1n) is 16.4. The van der Waals surface area contributed by atoms with E-state index in [0.717, 1.165) is 44.1 Å². The van der Waals surface area contributed by atoms with E-state index in [1.54, 1.807) is 0 Å². The fourth-order valence-corrected chi connectivity index (χ4v) is 6.25. The maximum atomic E-state index is 13.0. The zero-order chi connectivity index (χ0) is 28.6. The highest BCUT2D eigenvalue weighted by atomic mass is 16.5. The lowest BCUT2D eigenvalue weighted by Gasteiger charge is -2.27. The van der Waals surface area contributed by atoms with Gasteiger partial charge in [0.1, 0.15) is 11.8 Å². The number of esters is 1. The summed E-state index contributed by atoms with van der Waals surface area (Å²) in [6.45, 7) is 6.74. The van der Waals surface area contributed by atoms with Gasteiger partial charge in [0.05, 0.1) is 11.5 Å². The van der Waals surface area contributed by atoms with Crippen molar-refractivity contribution in [2.24, 2.45) is 11.8 Å². The van der Waals surface area contributed by atoms with Crippen LogP contribution in [-0.2, 0) is 17.6 Å². The minimum atomic E-state index is -0.179. The predicted octanol–water partition coefficient (Wildman–Crippen LogP) is 10.5. The van der Waals surface area contributed by atoms with Crippen LogP contribution in [-0.4, -0.2) is 5.97 Å². The Hall–Kier alpha value is -2.60. The molecule has 0 aliphatic heterocycles. The summed E-state index contributed by atoms with van der Waals surface area (Å²) in [4.78, 5) is 13.0. The van der Waals surface area contributed by atoms with E-state index < -0.39 is 0 Å². The van der Waals surface area contributed by atoms with Crippen LogP contribution in [0, 0.1) is 23.2 Å². The fraction of sp³-hybridized carbons (Fsp3) is 0.622. The van der Waals surface area contributed by atoms with Crippen molar-refractivity contribution in [3.05, 3.63) is 64.7 Å². The first-order chi connectivity index (χ1) is 19.6. The quantitative estimate of drug-likeness (QED) is 0.113. The van der Waals surface area contributed by atoms with Gasteiger partial charge in [-0.05, 0) is 85.6 Å². The molecule has 1 fully saturated rings. The van der Waals surface area contributed by atoms with E-state index in [4.69, 9.17) is 4.74 Å². The summed E-state index contributed by atoms with van der Waals surface area (Å²) in [5.41, 5.74) is 4.48. The monoisotopic (exact) mass is 543 g/mol. The molecular formula is C37H53NO2. The van der Waals surface area contributed by atoms with Crippen molar-refractivity contribution >= 4 is 5.97 Å². The molecule has 0 N–H and O–H groups in total. The van der Waals surface area contributed by atoms with Gasteiger partial charge in [-0.2, -0.15) is 5.26 Å². The summed E-state index contributed by atoms with van der Waals surface area (Å²) in [5, 5.41) is 9.74. The molecule has 1 unspecified atom stereocenters. The van der Waals surface area contributed by atoms with Crippen LogP contribution in [0.1, 0.15) is 145 Å². The van der Waals surface area contributed by atoms with Gasteiger partial charge in [-0.3, -0.25) is 4.79 Å². The van der Waals surface area contributed by atoms with E-state index in [-0.39, 0.29) is 11.9 Å². The lowest BCUT2D eigenvalue weighted by molar-refractivity contribution is -0.140. The number of nitrogens with zero attached hydrogens (tertiary/aromatic N) is 1. The second-order valence-electron chi connectivity index (χ2n) is 12.1. The molecular weight excluding hydrogens is 490 g/mol. The van der Waals surface area contributed by atoms with E-state index in [0.29, 0.717) is 23.1 Å². The average Bonchev–Trinajstić information content (AvgIpc) is 2.99. The molecule has 0 radical (unpaired) electrons. The number of hydrogen-bond donors (Lipinski definition) is 0. The minimum absolute atomic E-state index is 0.0856. The van der Waals surface area contributed by atoms with Gasteiger partial charge in [-0.1, -0.05) is 115 Å². The molecule has 0 amide bonds. The summed E-state index contributed by atoms with van der Waals surface area (Å²) >= 11 is 0. The normalized spacial score (nSPS) is 17.8. The zero-order valence-electron chi connectivity index (χ0n) is 25.6. The highest BCUT2D eigenvalue weighted by molar-refractivity contribution is 5.76. The van der Waals surface area contributed by atoms with E-state index in [9.17, 15) is 10.1 Å². The Bertz CT molecular complexity index is 1040. The van der Waals surface area contributed by atoms with Crippen LogP contribution in [0.15, 0.2) is 42.5 Å². The summed E-state index contributed by atoms with van der Waals surface area (Å²) in [6, 6.07) is 17.3. The number of unbranched alkanes of at least 4 members (excludes halogenated alkanes) is 7. The number of nitriles is 1. The van der Waals surface area contributed by atoms with Crippen LogP contribution in [0.5, 0.6) is 5.75 Å². The number of carbonyl (C=O) groups is 1. The molecule has 1 aliphatic rings. The number of ether oxygens (including phenoxy) is 1. The molecule has 0 saturated heterocycles. The number of carbonyl (C=O) groups excluding carboxylic acids is 1. The van der Waals surface area contributed by atoms with Gasteiger partial charge in [-0.25, -0.2) is 0 Å². The van der Waals surface area contributed by atoms with Gasteiger partial charge in [0.25, 0.3) is 0 Å². The molecule has 218 valence electrons. The lowest BCUT2D eigenvalue weighted by Crippen LogP contribution is -2.25. The molecule has 0 heterocycles. The van der Waals surface area contributed by atoms with Crippen LogP contribution in [0.2, 0.25) is 0 Å². The molecule has 3 nitrogen and oxygen atoms in total. The maximum absolute atomic E-state index is 13.0. The molecule has 1 saturated carbocycles. The summed E-state index contributed by atoms with van der Waals surface area (Å²) in [6.07, 6.45) is 20.1. The smallest absolute Gasteiger partial charge is 0.314 e. The van der Waals surface area contributed by atoms with Crippen LogP contribution in [0.4, 0.5) is 0 Å². The van der Waals surface area contributed by atoms with Crippen molar-refractivity contribution in [2.45, 2.75) is 136 Å². The Kier molecular flexibility index (Phi) is 14.3. The number of hydrogen-bond acceptors (Lipinski definition) is 3. The molecule has 3 rings (SSSR count). The van der Waals surface area contributed by atoms with Gasteiger partial charge in [0.15, 0.2) is 0 Å². The molecule has 0 bridgehead atoms. The van der Waals surface area contributed by atoms with Gasteiger partial charge in [0.2, 0.25) is 0 Å². The highest BCUT2D eigenvalue weighted by Gasteiger charge is 2.29. The molecule has 40 heavy (non-hydrogen) atoms. The van der Waals surface area contributed by atoms with Crippen LogP contribution in [0.3, 0.4) is 0 Å². The Balaban J connectivity index is 1.44. The molecule has 2 aromatic rings. The molecule has 0 aromatic heterocycles. The zero-order valence-corrected chi connectivity index (χ0v) is 25.6. The number of benzene rings is 2. The Morgan fingerprint density at radius 1 is 0.850 bits per heavy atom. The summed E-state index contributed by atoms with van der Waals surface area (Å²) < 4.78 is 5.80. The van der Waals surface area contributed by atoms with Crippen molar-refractivity contribution in [1.82, 2.24) is 0 Å². The Morgan fingerprint density at radius 3 is 2.15 bits per heavy atom. The van der Waals surface area contributed by atoms with E-state index in [2.05, 4.69) is 51.1 Å². The number of aryl methyl sites for hydroxylation is 1. The van der Waals surface area contributed by atoms with Crippen LogP contribution in [0.25, 0.3) is 0 Å². The van der Waals surface area contributed by atoms with E-state index >= 15 is 0 Å².